The summed E-state index contributed by atoms with van der Waals surface area (Å²) in [5.74, 6) is -0.442. The Kier molecular flexibility index (Phi) is 9.82. The van der Waals surface area contributed by atoms with Gasteiger partial charge in [0.2, 0.25) is 15.9 Å². The van der Waals surface area contributed by atoms with Crippen molar-refractivity contribution in [2.24, 2.45) is 0 Å². The maximum Gasteiger partial charge on any atom is 0.243 e. The lowest BCUT2D eigenvalue weighted by molar-refractivity contribution is -0.116. The molecule has 3 rings (SSSR count). The van der Waals surface area contributed by atoms with Crippen molar-refractivity contribution in [3.8, 4) is 0 Å². The van der Waals surface area contributed by atoms with Crippen molar-refractivity contribution in [2.45, 2.75) is 38.1 Å². The number of benzene rings is 3. The highest BCUT2D eigenvalue weighted by Gasteiger charge is 2.28. The molecule has 0 spiro atoms. The van der Waals surface area contributed by atoms with Gasteiger partial charge in [-0.15, -0.1) is 0 Å². The number of nitrogens with zero attached hydrogens (tertiary/aromatic N) is 1. The van der Waals surface area contributed by atoms with E-state index in [1.165, 1.54) is 12.1 Å². The van der Waals surface area contributed by atoms with Gasteiger partial charge in [0.25, 0.3) is 0 Å². The third-order valence-corrected chi connectivity index (χ3v) is 8.81. The van der Waals surface area contributed by atoms with Crippen LogP contribution in [0.2, 0.25) is 10.0 Å². The lowest BCUT2D eigenvalue weighted by atomic mass is 10.0. The summed E-state index contributed by atoms with van der Waals surface area (Å²) < 4.78 is 29.9. The predicted molar refractivity (Wildman–Crippen MR) is 150 cm³/mol. The average Bonchev–Trinajstić information content (AvgIpc) is 2.81. The predicted octanol–water partition coefficient (Wildman–Crippen LogP) is 7.47. The highest BCUT2D eigenvalue weighted by atomic mass is 79.9. The fourth-order valence-electron chi connectivity index (χ4n) is 3.60. The number of anilines is 1. The summed E-state index contributed by atoms with van der Waals surface area (Å²) >= 11 is 19.2. The van der Waals surface area contributed by atoms with E-state index in [0.29, 0.717) is 34.1 Å². The van der Waals surface area contributed by atoms with Gasteiger partial charge in [-0.2, -0.15) is 4.31 Å². The summed E-state index contributed by atoms with van der Waals surface area (Å²) in [6.45, 7) is 3.52. The number of hydrogen-bond donors (Lipinski definition) is 1. The van der Waals surface area contributed by atoms with E-state index in [2.05, 4.69) is 37.2 Å². The maximum absolute atomic E-state index is 13.6. The Hall–Kier alpha value is -1.42. The molecule has 0 radical (unpaired) electrons. The van der Waals surface area contributed by atoms with Crippen LogP contribution in [0.25, 0.3) is 0 Å². The van der Waals surface area contributed by atoms with Crippen LogP contribution in [0, 0.1) is 0 Å². The Morgan fingerprint density at radius 1 is 0.886 bits per heavy atom. The molecule has 0 saturated heterocycles. The van der Waals surface area contributed by atoms with Crippen molar-refractivity contribution in [3.63, 3.8) is 0 Å². The maximum atomic E-state index is 13.6. The van der Waals surface area contributed by atoms with Gasteiger partial charge in [0, 0.05) is 31.2 Å². The molecule has 0 bridgehead atoms. The number of carbonyl (C=O) groups is 1. The van der Waals surface area contributed by atoms with Crippen molar-refractivity contribution in [2.75, 3.05) is 11.9 Å². The van der Waals surface area contributed by atoms with Gasteiger partial charge < -0.3 is 5.32 Å². The lowest BCUT2D eigenvalue weighted by Gasteiger charge is -2.23. The molecule has 1 amide bonds. The second kappa shape index (κ2) is 12.2. The van der Waals surface area contributed by atoms with Crippen molar-refractivity contribution in [3.05, 3.63) is 90.3 Å². The molecule has 5 nitrogen and oxygen atoms in total. The van der Waals surface area contributed by atoms with Crippen LogP contribution in [0.1, 0.15) is 30.5 Å². The fourth-order valence-corrected chi connectivity index (χ4v) is 6.26. The first-order valence-electron chi connectivity index (χ1n) is 10.9. The summed E-state index contributed by atoms with van der Waals surface area (Å²) in [4.78, 5) is 13.3. The molecule has 0 fully saturated rings. The summed E-state index contributed by atoms with van der Waals surface area (Å²) in [7, 11) is -4.02. The van der Waals surface area contributed by atoms with Crippen LogP contribution in [-0.4, -0.2) is 25.2 Å². The van der Waals surface area contributed by atoms with Gasteiger partial charge in [-0.25, -0.2) is 8.42 Å². The number of carbonyl (C=O) groups excluding carboxylic acids is 1. The number of sulfonamides is 1. The van der Waals surface area contributed by atoms with Crippen LogP contribution < -0.4 is 5.32 Å². The molecule has 0 aliphatic carbocycles. The van der Waals surface area contributed by atoms with E-state index in [-0.39, 0.29) is 18.0 Å². The first kappa shape index (κ1) is 28.2. The normalized spacial score (nSPS) is 11.6. The standard InChI is InChI=1S/C25H24Br2Cl2N2O3S/c1-3-16-11-20(27)12-17(4-2)25(16)30-24(32)15-31(14-18-5-8-21(28)13-23(18)29)35(33,34)22-9-6-19(26)7-10-22/h5-13H,3-4,14-15H2,1-2H3,(H,30,32). The third kappa shape index (κ3) is 7.08. The first-order chi connectivity index (χ1) is 16.5. The van der Waals surface area contributed by atoms with Gasteiger partial charge in [0.05, 0.1) is 11.4 Å². The second-order valence-corrected chi connectivity index (χ2v) is 12.4. The topological polar surface area (TPSA) is 66.5 Å². The number of halogens is 4. The zero-order chi connectivity index (χ0) is 25.8. The van der Waals surface area contributed by atoms with Crippen molar-refractivity contribution in [1.82, 2.24) is 4.31 Å². The molecule has 0 saturated carbocycles. The van der Waals surface area contributed by atoms with Crippen LogP contribution >= 0.6 is 55.1 Å². The minimum Gasteiger partial charge on any atom is -0.324 e. The quantitative estimate of drug-likeness (QED) is 0.259. The number of rotatable bonds is 9. The largest absolute Gasteiger partial charge is 0.324 e. The van der Waals surface area contributed by atoms with Gasteiger partial charge in [-0.3, -0.25) is 4.79 Å². The smallest absolute Gasteiger partial charge is 0.243 e. The van der Waals surface area contributed by atoms with Gasteiger partial charge in [0.15, 0.2) is 0 Å². The van der Waals surface area contributed by atoms with Gasteiger partial charge in [-0.1, -0.05) is 75.0 Å². The third-order valence-electron chi connectivity index (χ3n) is 5.43. The SMILES string of the molecule is CCc1cc(Br)cc(CC)c1NC(=O)CN(Cc1ccc(Cl)cc1Cl)S(=O)(=O)c1ccc(Br)cc1. The van der Waals surface area contributed by atoms with E-state index >= 15 is 0 Å². The molecule has 0 aliphatic rings. The highest BCUT2D eigenvalue weighted by molar-refractivity contribution is 9.10. The first-order valence-corrected chi connectivity index (χ1v) is 14.6. The summed E-state index contributed by atoms with van der Waals surface area (Å²) in [6.07, 6.45) is 1.42. The molecule has 186 valence electrons. The minimum absolute atomic E-state index is 0.0747. The summed E-state index contributed by atoms with van der Waals surface area (Å²) in [6, 6.07) is 15.0. The Morgan fingerprint density at radius 3 is 2.03 bits per heavy atom. The molecule has 0 aromatic heterocycles. The van der Waals surface area contributed by atoms with E-state index in [4.69, 9.17) is 23.2 Å². The zero-order valence-corrected chi connectivity index (χ0v) is 24.6. The lowest BCUT2D eigenvalue weighted by Crippen LogP contribution is -2.38. The van der Waals surface area contributed by atoms with Crippen LogP contribution in [0.5, 0.6) is 0 Å². The minimum atomic E-state index is -4.02. The highest BCUT2D eigenvalue weighted by Crippen LogP contribution is 2.29. The molecule has 0 unspecified atom stereocenters. The second-order valence-electron chi connectivity index (χ2n) is 7.82. The number of aryl methyl sites for hydroxylation is 2. The summed E-state index contributed by atoms with van der Waals surface area (Å²) in [5.41, 5.74) is 3.19. The van der Waals surface area contributed by atoms with Crippen LogP contribution in [0.3, 0.4) is 0 Å². The van der Waals surface area contributed by atoms with Crippen molar-refractivity contribution in [1.29, 1.82) is 0 Å². The Labute approximate surface area is 233 Å². The number of hydrogen-bond acceptors (Lipinski definition) is 3. The van der Waals surface area contributed by atoms with Crippen molar-refractivity contribution < 1.29 is 13.2 Å². The van der Waals surface area contributed by atoms with E-state index in [0.717, 1.165) is 24.4 Å². The number of amides is 1. The van der Waals surface area contributed by atoms with Gasteiger partial charge >= 0.3 is 0 Å². The monoisotopic (exact) mass is 660 g/mol. The van der Waals surface area contributed by atoms with E-state index in [1.807, 2.05) is 26.0 Å². The molecule has 10 heteroatoms. The molecular weight excluding hydrogens is 639 g/mol. The van der Waals surface area contributed by atoms with Crippen LogP contribution in [0.15, 0.2) is 68.4 Å². The van der Waals surface area contributed by atoms with Crippen LogP contribution in [-0.2, 0) is 34.2 Å². The van der Waals surface area contributed by atoms with Gasteiger partial charge in [-0.05, 0) is 78.1 Å². The molecule has 3 aromatic rings. The zero-order valence-electron chi connectivity index (χ0n) is 19.1. The van der Waals surface area contributed by atoms with Crippen molar-refractivity contribution >= 4 is 76.7 Å². The summed E-state index contributed by atoms with van der Waals surface area (Å²) in [5, 5.41) is 3.71. The van der Waals surface area contributed by atoms with Gasteiger partial charge in [0.1, 0.15) is 0 Å². The Morgan fingerprint density at radius 2 is 1.49 bits per heavy atom. The van der Waals surface area contributed by atoms with E-state index in [9.17, 15) is 13.2 Å². The Bertz CT molecular complexity index is 1310. The molecule has 0 aliphatic heterocycles. The van der Waals surface area contributed by atoms with Crippen LogP contribution in [0.4, 0.5) is 5.69 Å². The average molecular weight is 663 g/mol. The molecule has 3 aromatic carbocycles. The van der Waals surface area contributed by atoms with E-state index in [1.54, 1.807) is 30.3 Å². The number of nitrogens with one attached hydrogen (secondary N) is 1. The Balaban J connectivity index is 1.97. The molecule has 0 atom stereocenters. The molecule has 0 heterocycles. The fraction of sp³-hybridized carbons (Fsp3) is 0.240. The molecule has 1 N–H and O–H groups in total. The molecule has 35 heavy (non-hydrogen) atoms. The molecular formula is C25H24Br2Cl2N2O3S. The van der Waals surface area contributed by atoms with E-state index < -0.39 is 15.9 Å².